The van der Waals surface area contributed by atoms with Crippen LogP contribution in [-0.4, -0.2) is 38.9 Å². The molecular weight excluding hydrogens is 290 g/mol. The molecule has 7 heteroatoms. The number of amides is 1. The Morgan fingerprint density at radius 1 is 1.43 bits per heavy atom. The van der Waals surface area contributed by atoms with Crippen molar-refractivity contribution < 1.29 is 14.7 Å². The summed E-state index contributed by atoms with van der Waals surface area (Å²) in [6.07, 6.45) is 5.35. The zero-order chi connectivity index (χ0) is 15.2. The van der Waals surface area contributed by atoms with Crippen LogP contribution in [0.2, 0.25) is 0 Å². The van der Waals surface area contributed by atoms with Crippen molar-refractivity contribution in [1.82, 2.24) is 14.9 Å². The molecule has 108 valence electrons. The van der Waals surface area contributed by atoms with E-state index in [1.165, 1.54) is 34.7 Å². The second-order valence-corrected chi connectivity index (χ2v) is 5.04. The highest BCUT2D eigenvalue weighted by atomic mass is 32.1. The Morgan fingerprint density at radius 3 is 2.90 bits per heavy atom. The van der Waals surface area contributed by atoms with Gasteiger partial charge in [-0.2, -0.15) is 0 Å². The minimum atomic E-state index is -1.05. The van der Waals surface area contributed by atoms with Crippen LogP contribution >= 0.6 is 11.3 Å². The summed E-state index contributed by atoms with van der Waals surface area (Å²) in [5.41, 5.74) is 3.50. The number of thiazole rings is 1. The van der Waals surface area contributed by atoms with Crippen LogP contribution in [0.3, 0.4) is 0 Å². The molecule has 1 amide bonds. The lowest BCUT2D eigenvalue weighted by atomic mass is 10.1. The molecule has 0 aliphatic heterocycles. The zero-order valence-corrected chi connectivity index (χ0v) is 12.1. The third kappa shape index (κ3) is 4.22. The fourth-order valence-corrected chi connectivity index (χ4v) is 2.23. The molecule has 0 radical (unpaired) electrons. The van der Waals surface area contributed by atoms with Crippen molar-refractivity contribution in [2.75, 3.05) is 7.05 Å². The molecule has 1 N–H and O–H groups in total. The van der Waals surface area contributed by atoms with Crippen LogP contribution < -0.4 is 0 Å². The largest absolute Gasteiger partial charge is 0.478 e. The Morgan fingerprint density at radius 2 is 2.24 bits per heavy atom. The fraction of sp³-hybridized carbons (Fsp3) is 0.143. The van der Waals surface area contributed by atoms with Gasteiger partial charge < -0.3 is 10.0 Å². The quantitative estimate of drug-likeness (QED) is 0.853. The SMILES string of the molecule is CN(Cc1cscn1)C(=O)c1cncc(C=CC(=O)O)c1. The molecule has 0 aliphatic carbocycles. The molecule has 2 heterocycles. The molecule has 6 nitrogen and oxygen atoms in total. The highest BCUT2D eigenvalue weighted by molar-refractivity contribution is 7.07. The van der Waals surface area contributed by atoms with Crippen molar-refractivity contribution >= 4 is 29.3 Å². The first-order valence-electron chi connectivity index (χ1n) is 6.05. The summed E-state index contributed by atoms with van der Waals surface area (Å²) in [6.45, 7) is 0.414. The first-order chi connectivity index (χ1) is 10.1. The summed E-state index contributed by atoms with van der Waals surface area (Å²) in [7, 11) is 1.68. The predicted molar refractivity (Wildman–Crippen MR) is 78.8 cm³/mol. The summed E-state index contributed by atoms with van der Waals surface area (Å²) in [5.74, 6) is -1.24. The Bertz CT molecular complexity index is 668. The molecule has 0 saturated heterocycles. The molecule has 0 spiro atoms. The minimum absolute atomic E-state index is 0.193. The summed E-state index contributed by atoms with van der Waals surface area (Å²) in [4.78, 5) is 32.4. The van der Waals surface area contributed by atoms with Gasteiger partial charge in [-0.25, -0.2) is 9.78 Å². The lowest BCUT2D eigenvalue weighted by molar-refractivity contribution is -0.131. The first-order valence-corrected chi connectivity index (χ1v) is 6.99. The molecule has 21 heavy (non-hydrogen) atoms. The lowest BCUT2D eigenvalue weighted by Gasteiger charge is -2.15. The van der Waals surface area contributed by atoms with E-state index in [-0.39, 0.29) is 5.91 Å². The zero-order valence-electron chi connectivity index (χ0n) is 11.3. The molecule has 2 aromatic heterocycles. The lowest BCUT2D eigenvalue weighted by Crippen LogP contribution is -2.26. The van der Waals surface area contributed by atoms with Crippen LogP contribution in [0, 0.1) is 0 Å². The van der Waals surface area contributed by atoms with Gasteiger partial charge >= 0.3 is 5.97 Å². The number of carbonyl (C=O) groups is 2. The molecule has 0 atom stereocenters. The molecule has 0 fully saturated rings. The minimum Gasteiger partial charge on any atom is -0.478 e. The highest BCUT2D eigenvalue weighted by Gasteiger charge is 2.13. The van der Waals surface area contributed by atoms with E-state index in [4.69, 9.17) is 5.11 Å². The van der Waals surface area contributed by atoms with Crippen molar-refractivity contribution in [1.29, 1.82) is 0 Å². The van der Waals surface area contributed by atoms with Gasteiger partial charge in [-0.1, -0.05) is 0 Å². The number of hydrogen-bond acceptors (Lipinski definition) is 5. The standard InChI is InChI=1S/C14H13N3O3S/c1-17(7-12-8-21-9-16-12)14(20)11-4-10(5-15-6-11)2-3-13(18)19/h2-6,8-9H,7H2,1H3,(H,18,19). The topological polar surface area (TPSA) is 83.4 Å². The average Bonchev–Trinajstić information content (AvgIpc) is 2.97. The fourth-order valence-electron chi connectivity index (χ4n) is 1.68. The van der Waals surface area contributed by atoms with Gasteiger partial charge in [0.1, 0.15) is 0 Å². The van der Waals surface area contributed by atoms with Gasteiger partial charge in [-0.05, 0) is 17.7 Å². The van der Waals surface area contributed by atoms with Crippen LogP contribution in [0.5, 0.6) is 0 Å². The van der Waals surface area contributed by atoms with Crippen LogP contribution in [0.1, 0.15) is 21.6 Å². The van der Waals surface area contributed by atoms with E-state index in [2.05, 4.69) is 9.97 Å². The summed E-state index contributed by atoms with van der Waals surface area (Å²) in [6, 6.07) is 1.60. The van der Waals surface area contributed by atoms with Crippen molar-refractivity contribution in [2.45, 2.75) is 6.54 Å². The molecular formula is C14H13N3O3S. The van der Waals surface area contributed by atoms with Gasteiger partial charge in [0.05, 0.1) is 23.3 Å². The van der Waals surface area contributed by atoms with Gasteiger partial charge in [0.25, 0.3) is 5.91 Å². The Balaban J connectivity index is 2.11. The van der Waals surface area contributed by atoms with Crippen LogP contribution in [0.25, 0.3) is 6.08 Å². The smallest absolute Gasteiger partial charge is 0.328 e. The highest BCUT2D eigenvalue weighted by Crippen LogP contribution is 2.10. The average molecular weight is 303 g/mol. The second-order valence-electron chi connectivity index (χ2n) is 4.32. The van der Waals surface area contributed by atoms with Crippen molar-refractivity contribution in [3.8, 4) is 0 Å². The molecule has 2 rings (SSSR count). The predicted octanol–water partition coefficient (Wildman–Crippen LogP) is 1.91. The maximum Gasteiger partial charge on any atom is 0.328 e. The van der Waals surface area contributed by atoms with Crippen LogP contribution in [0.15, 0.2) is 35.4 Å². The Labute approximate surface area is 125 Å². The number of hydrogen-bond donors (Lipinski definition) is 1. The van der Waals surface area contributed by atoms with Gasteiger partial charge in [-0.15, -0.1) is 11.3 Å². The van der Waals surface area contributed by atoms with E-state index in [1.54, 1.807) is 18.6 Å². The van der Waals surface area contributed by atoms with E-state index in [9.17, 15) is 9.59 Å². The van der Waals surface area contributed by atoms with Crippen molar-refractivity contribution in [3.05, 3.63) is 52.2 Å². The van der Waals surface area contributed by atoms with Crippen LogP contribution in [-0.2, 0) is 11.3 Å². The number of carboxylic acid groups (broad SMARTS) is 1. The third-order valence-electron chi connectivity index (χ3n) is 2.65. The van der Waals surface area contributed by atoms with Gasteiger partial charge in [0.15, 0.2) is 0 Å². The van der Waals surface area contributed by atoms with E-state index in [0.29, 0.717) is 17.7 Å². The maximum absolute atomic E-state index is 12.3. The molecule has 0 aliphatic rings. The number of aromatic nitrogens is 2. The van der Waals surface area contributed by atoms with E-state index < -0.39 is 5.97 Å². The third-order valence-corrected chi connectivity index (χ3v) is 3.29. The van der Waals surface area contributed by atoms with Gasteiger partial charge in [0, 0.05) is 30.9 Å². The number of aliphatic carboxylic acids is 1. The number of rotatable bonds is 5. The molecule has 0 bridgehead atoms. The molecule has 0 saturated carbocycles. The van der Waals surface area contributed by atoms with Gasteiger partial charge in [-0.3, -0.25) is 9.78 Å². The molecule has 0 unspecified atom stereocenters. The van der Waals surface area contributed by atoms with E-state index in [1.807, 2.05) is 5.38 Å². The van der Waals surface area contributed by atoms with Gasteiger partial charge in [0.2, 0.25) is 0 Å². The number of carboxylic acids is 1. The monoisotopic (exact) mass is 303 g/mol. The first kappa shape index (κ1) is 14.9. The van der Waals surface area contributed by atoms with Crippen LogP contribution in [0.4, 0.5) is 0 Å². The van der Waals surface area contributed by atoms with Crippen molar-refractivity contribution in [2.24, 2.45) is 0 Å². The molecule has 2 aromatic rings. The number of nitrogens with zero attached hydrogens (tertiary/aromatic N) is 3. The summed E-state index contributed by atoms with van der Waals surface area (Å²) >= 11 is 1.47. The Hall–Kier alpha value is -2.54. The summed E-state index contributed by atoms with van der Waals surface area (Å²) < 4.78 is 0. The Kier molecular flexibility index (Phi) is 4.78. The van der Waals surface area contributed by atoms with E-state index >= 15 is 0 Å². The maximum atomic E-state index is 12.3. The second kappa shape index (κ2) is 6.76. The normalized spacial score (nSPS) is 10.7. The van der Waals surface area contributed by atoms with E-state index in [0.717, 1.165) is 11.8 Å². The number of carbonyl (C=O) groups excluding carboxylic acids is 1. The summed E-state index contributed by atoms with van der Waals surface area (Å²) in [5, 5.41) is 10.5. The van der Waals surface area contributed by atoms with Crippen molar-refractivity contribution in [3.63, 3.8) is 0 Å². The molecule has 0 aromatic carbocycles. The number of pyridine rings is 1.